The van der Waals surface area contributed by atoms with E-state index in [0.717, 1.165) is 0 Å². The van der Waals surface area contributed by atoms with Crippen molar-refractivity contribution in [1.82, 2.24) is 0 Å². The summed E-state index contributed by atoms with van der Waals surface area (Å²) < 4.78 is 5.23. The molecule has 0 aliphatic heterocycles. The molecule has 1 aromatic rings. The topological polar surface area (TPSA) is 52.3 Å². The van der Waals surface area contributed by atoms with Crippen molar-refractivity contribution in [3.8, 4) is 5.75 Å². The van der Waals surface area contributed by atoms with E-state index in [-0.39, 0.29) is 6.61 Å². The molecule has 4 heteroatoms. The third kappa shape index (κ3) is 2.78. The van der Waals surface area contributed by atoms with Crippen LogP contribution in [0.3, 0.4) is 0 Å². The first-order chi connectivity index (χ1) is 6.61. The molecule has 0 bridgehead atoms. The van der Waals surface area contributed by atoms with Gasteiger partial charge in [0, 0.05) is 5.03 Å². The largest absolute Gasteiger partial charge is 0.487 e. The van der Waals surface area contributed by atoms with Crippen molar-refractivity contribution in [2.45, 2.75) is 0 Å². The van der Waals surface area contributed by atoms with Gasteiger partial charge in [-0.25, -0.2) is 0 Å². The number of benzene rings is 1. The van der Waals surface area contributed by atoms with E-state index in [1.54, 1.807) is 24.3 Å². The Bertz CT molecular complexity index is 363. The molecule has 1 amide bonds. The minimum Gasteiger partial charge on any atom is -0.487 e. The minimum absolute atomic E-state index is 0.159. The van der Waals surface area contributed by atoms with Crippen LogP contribution in [0.1, 0.15) is 10.4 Å². The Balaban J connectivity index is 2.84. The van der Waals surface area contributed by atoms with Gasteiger partial charge in [-0.05, 0) is 12.1 Å². The number of carbonyl (C=O) groups excluding carboxylic acids is 1. The molecule has 74 valence electrons. The fourth-order valence-corrected chi connectivity index (χ4v) is 1.01. The quantitative estimate of drug-likeness (QED) is 0.827. The molecule has 0 atom stereocenters. The second-order valence-corrected chi connectivity index (χ2v) is 3.20. The van der Waals surface area contributed by atoms with Gasteiger partial charge in [-0.15, -0.1) is 0 Å². The molecule has 0 heterocycles. The predicted molar refractivity (Wildman–Crippen MR) is 55.4 cm³/mol. The third-order valence-electron chi connectivity index (χ3n) is 1.54. The van der Waals surface area contributed by atoms with Crippen LogP contribution in [-0.4, -0.2) is 12.5 Å². The molecular formula is C10H10ClNO2. The second kappa shape index (κ2) is 4.67. The number of hydrogen-bond acceptors (Lipinski definition) is 2. The molecular weight excluding hydrogens is 202 g/mol. The number of halogens is 1. The molecule has 0 spiro atoms. The van der Waals surface area contributed by atoms with E-state index >= 15 is 0 Å². The molecule has 0 unspecified atom stereocenters. The van der Waals surface area contributed by atoms with Gasteiger partial charge >= 0.3 is 0 Å². The molecule has 1 rings (SSSR count). The lowest BCUT2D eigenvalue weighted by Gasteiger charge is -2.07. The standard InChI is InChI=1S/C10H10ClNO2/c1-7(11)6-14-9-5-3-2-4-8(9)10(12)13/h2-5H,1,6H2,(H2,12,13). The summed E-state index contributed by atoms with van der Waals surface area (Å²) in [6, 6.07) is 6.70. The summed E-state index contributed by atoms with van der Waals surface area (Å²) in [7, 11) is 0. The molecule has 1 aromatic carbocycles. The Hall–Kier alpha value is -1.48. The highest BCUT2D eigenvalue weighted by Crippen LogP contribution is 2.17. The number of rotatable bonds is 4. The molecule has 0 saturated carbocycles. The molecule has 0 saturated heterocycles. The summed E-state index contributed by atoms with van der Waals surface area (Å²) >= 11 is 5.52. The first-order valence-electron chi connectivity index (χ1n) is 3.96. The molecule has 3 nitrogen and oxygen atoms in total. The van der Waals surface area contributed by atoms with Gasteiger partial charge in [-0.1, -0.05) is 30.3 Å². The maximum Gasteiger partial charge on any atom is 0.252 e. The van der Waals surface area contributed by atoms with Gasteiger partial charge in [0.05, 0.1) is 5.56 Å². The molecule has 0 aliphatic rings. The van der Waals surface area contributed by atoms with E-state index in [4.69, 9.17) is 22.1 Å². The van der Waals surface area contributed by atoms with Gasteiger partial charge in [-0.3, -0.25) is 4.79 Å². The molecule has 2 N–H and O–H groups in total. The van der Waals surface area contributed by atoms with Crippen molar-refractivity contribution >= 4 is 17.5 Å². The normalized spacial score (nSPS) is 9.50. The van der Waals surface area contributed by atoms with Crippen molar-refractivity contribution in [3.05, 3.63) is 41.4 Å². The highest BCUT2D eigenvalue weighted by molar-refractivity contribution is 6.29. The Morgan fingerprint density at radius 1 is 1.50 bits per heavy atom. The van der Waals surface area contributed by atoms with Crippen molar-refractivity contribution in [1.29, 1.82) is 0 Å². The lowest BCUT2D eigenvalue weighted by atomic mass is 10.2. The number of amides is 1. The number of primary amides is 1. The SMILES string of the molecule is C=C(Cl)COc1ccccc1C(N)=O. The Morgan fingerprint density at radius 2 is 2.14 bits per heavy atom. The van der Waals surface area contributed by atoms with Crippen molar-refractivity contribution < 1.29 is 9.53 Å². The van der Waals surface area contributed by atoms with E-state index in [0.29, 0.717) is 16.3 Å². The van der Waals surface area contributed by atoms with E-state index in [1.807, 2.05) is 0 Å². The summed E-state index contributed by atoms with van der Waals surface area (Å²) in [5, 5.41) is 0.365. The molecule has 0 aromatic heterocycles. The van der Waals surface area contributed by atoms with Gasteiger partial charge in [0.2, 0.25) is 0 Å². The van der Waals surface area contributed by atoms with Gasteiger partial charge < -0.3 is 10.5 Å². The zero-order valence-electron chi connectivity index (χ0n) is 7.50. The Kier molecular flexibility index (Phi) is 3.54. The highest BCUT2D eigenvalue weighted by atomic mass is 35.5. The van der Waals surface area contributed by atoms with Crippen LogP contribution in [0, 0.1) is 0 Å². The van der Waals surface area contributed by atoms with E-state index in [9.17, 15) is 4.79 Å². The van der Waals surface area contributed by atoms with Gasteiger partial charge in [0.25, 0.3) is 5.91 Å². The second-order valence-electron chi connectivity index (χ2n) is 2.67. The van der Waals surface area contributed by atoms with E-state index in [2.05, 4.69) is 6.58 Å². The van der Waals surface area contributed by atoms with Crippen LogP contribution in [0.2, 0.25) is 0 Å². The first-order valence-corrected chi connectivity index (χ1v) is 4.34. The van der Waals surface area contributed by atoms with E-state index in [1.165, 1.54) is 0 Å². The van der Waals surface area contributed by atoms with Crippen LogP contribution in [0.5, 0.6) is 5.75 Å². The maximum atomic E-state index is 11.0. The molecule has 0 aliphatic carbocycles. The van der Waals surface area contributed by atoms with Crippen LogP contribution in [0.25, 0.3) is 0 Å². The molecule has 14 heavy (non-hydrogen) atoms. The monoisotopic (exact) mass is 211 g/mol. The van der Waals surface area contributed by atoms with Crippen molar-refractivity contribution in [3.63, 3.8) is 0 Å². The predicted octanol–water partition coefficient (Wildman–Crippen LogP) is 1.92. The third-order valence-corrected chi connectivity index (χ3v) is 1.65. The fraction of sp³-hybridized carbons (Fsp3) is 0.100. The average molecular weight is 212 g/mol. The highest BCUT2D eigenvalue weighted by Gasteiger charge is 2.07. The Labute approximate surface area is 87.1 Å². The number of ether oxygens (including phenoxy) is 1. The van der Waals surface area contributed by atoms with Crippen LogP contribution < -0.4 is 10.5 Å². The van der Waals surface area contributed by atoms with Crippen LogP contribution in [-0.2, 0) is 0 Å². The zero-order chi connectivity index (χ0) is 10.6. The lowest BCUT2D eigenvalue weighted by Crippen LogP contribution is -2.13. The number of para-hydroxylation sites is 1. The summed E-state index contributed by atoms with van der Waals surface area (Å²) in [5.41, 5.74) is 5.48. The van der Waals surface area contributed by atoms with Gasteiger partial charge in [0.1, 0.15) is 12.4 Å². The molecule has 0 fully saturated rings. The summed E-state index contributed by atoms with van der Waals surface area (Å²) in [5.74, 6) is -0.109. The van der Waals surface area contributed by atoms with Crippen LogP contribution >= 0.6 is 11.6 Å². The minimum atomic E-state index is -0.527. The summed E-state index contributed by atoms with van der Waals surface area (Å²) in [6.45, 7) is 3.63. The van der Waals surface area contributed by atoms with Gasteiger partial charge in [0.15, 0.2) is 0 Å². The Morgan fingerprint density at radius 3 is 2.71 bits per heavy atom. The van der Waals surface area contributed by atoms with Crippen LogP contribution in [0.4, 0.5) is 0 Å². The number of carbonyl (C=O) groups is 1. The number of nitrogens with two attached hydrogens (primary N) is 1. The maximum absolute atomic E-state index is 11.0. The lowest BCUT2D eigenvalue weighted by molar-refractivity contribution is 0.0997. The van der Waals surface area contributed by atoms with Crippen LogP contribution in [0.15, 0.2) is 35.9 Å². The average Bonchev–Trinajstić information content (AvgIpc) is 2.15. The summed E-state index contributed by atoms with van der Waals surface area (Å²) in [4.78, 5) is 11.0. The molecule has 0 radical (unpaired) electrons. The van der Waals surface area contributed by atoms with Crippen molar-refractivity contribution in [2.24, 2.45) is 5.73 Å². The first kappa shape index (κ1) is 10.6. The summed E-state index contributed by atoms with van der Waals surface area (Å²) in [6.07, 6.45) is 0. The van der Waals surface area contributed by atoms with Gasteiger partial charge in [-0.2, -0.15) is 0 Å². The zero-order valence-corrected chi connectivity index (χ0v) is 8.25. The smallest absolute Gasteiger partial charge is 0.252 e. The fourth-order valence-electron chi connectivity index (χ4n) is 0.952. The van der Waals surface area contributed by atoms with Crippen molar-refractivity contribution in [2.75, 3.05) is 6.61 Å². The number of hydrogen-bond donors (Lipinski definition) is 1. The van der Waals surface area contributed by atoms with E-state index < -0.39 is 5.91 Å².